The summed E-state index contributed by atoms with van der Waals surface area (Å²) in [6.45, 7) is 2.40. The molecule has 0 saturated heterocycles. The first-order valence-corrected chi connectivity index (χ1v) is 10.7. The number of thiazole rings is 1. The number of nitrogens with zero attached hydrogens (tertiary/aromatic N) is 1. The molecule has 0 fully saturated rings. The van der Waals surface area contributed by atoms with E-state index in [0.29, 0.717) is 5.13 Å². The van der Waals surface area contributed by atoms with E-state index in [-0.39, 0.29) is 12.5 Å². The van der Waals surface area contributed by atoms with Gasteiger partial charge in [0.25, 0.3) is 0 Å². The summed E-state index contributed by atoms with van der Waals surface area (Å²) in [4.78, 5) is 16.7. The number of hydrogen-bond acceptors (Lipinski definition) is 4. The lowest BCUT2D eigenvalue weighted by molar-refractivity contribution is -0.114. The maximum atomic E-state index is 12.2. The number of halogens is 1. The molecule has 0 aliphatic rings. The van der Waals surface area contributed by atoms with E-state index in [0.717, 1.165) is 27.8 Å². The molecule has 6 heteroatoms. The van der Waals surface area contributed by atoms with Crippen molar-refractivity contribution in [2.75, 3.05) is 17.2 Å². The third-order valence-electron chi connectivity index (χ3n) is 4.12. The highest BCUT2D eigenvalue weighted by molar-refractivity contribution is 9.10. The Morgan fingerprint density at radius 3 is 2.56 bits per heavy atom. The van der Waals surface area contributed by atoms with Gasteiger partial charge in [-0.2, -0.15) is 0 Å². The molecule has 1 amide bonds. The van der Waals surface area contributed by atoms with Crippen LogP contribution < -0.4 is 10.6 Å². The molecular weight excluding hydrogens is 422 g/mol. The highest BCUT2D eigenvalue weighted by atomic mass is 79.9. The SMILES string of the molecule is CCCCc1ccc(NCC(=O)Nc2nc(-c3ccc(Br)cc3)cs2)cc1. The average molecular weight is 444 g/mol. The summed E-state index contributed by atoms with van der Waals surface area (Å²) in [5.41, 5.74) is 4.16. The first-order valence-electron chi connectivity index (χ1n) is 8.98. The van der Waals surface area contributed by atoms with Gasteiger partial charge >= 0.3 is 0 Å². The lowest BCUT2D eigenvalue weighted by Crippen LogP contribution is -2.21. The minimum atomic E-state index is -0.109. The standard InChI is InChI=1S/C21H22BrN3OS/c1-2-3-4-15-5-11-18(12-6-15)23-13-20(26)25-21-24-19(14-27-21)16-7-9-17(22)10-8-16/h5-12,14,23H,2-4,13H2,1H3,(H,24,25,26). The van der Waals surface area contributed by atoms with E-state index in [9.17, 15) is 4.79 Å². The minimum absolute atomic E-state index is 0.109. The molecule has 0 aliphatic heterocycles. The molecule has 2 aromatic carbocycles. The smallest absolute Gasteiger partial charge is 0.245 e. The number of hydrogen-bond donors (Lipinski definition) is 2. The fraction of sp³-hybridized carbons (Fsp3) is 0.238. The third-order valence-corrected chi connectivity index (χ3v) is 5.40. The van der Waals surface area contributed by atoms with Crippen molar-refractivity contribution in [2.24, 2.45) is 0 Å². The molecular formula is C21H22BrN3OS. The van der Waals surface area contributed by atoms with Gasteiger partial charge in [0, 0.05) is 21.1 Å². The van der Waals surface area contributed by atoms with Crippen LogP contribution in [0.5, 0.6) is 0 Å². The summed E-state index contributed by atoms with van der Waals surface area (Å²) in [6.07, 6.45) is 3.49. The van der Waals surface area contributed by atoms with Crippen molar-refractivity contribution in [3.05, 3.63) is 63.9 Å². The van der Waals surface area contributed by atoms with Gasteiger partial charge in [-0.1, -0.05) is 53.5 Å². The van der Waals surface area contributed by atoms with Crippen molar-refractivity contribution >= 4 is 44.0 Å². The lowest BCUT2D eigenvalue weighted by Gasteiger charge is -2.07. The second kappa shape index (κ2) is 9.67. The molecule has 0 spiro atoms. The fourth-order valence-corrected chi connectivity index (χ4v) is 3.60. The maximum absolute atomic E-state index is 12.2. The predicted molar refractivity (Wildman–Crippen MR) is 117 cm³/mol. The highest BCUT2D eigenvalue weighted by Gasteiger charge is 2.08. The third kappa shape index (κ3) is 5.91. The Labute approximate surface area is 172 Å². The van der Waals surface area contributed by atoms with E-state index >= 15 is 0 Å². The molecule has 2 N–H and O–H groups in total. The van der Waals surface area contributed by atoms with Gasteiger partial charge in [-0.25, -0.2) is 4.98 Å². The topological polar surface area (TPSA) is 54.0 Å². The van der Waals surface area contributed by atoms with Gasteiger partial charge in [-0.15, -0.1) is 11.3 Å². The molecule has 0 radical (unpaired) electrons. The Morgan fingerprint density at radius 1 is 1.11 bits per heavy atom. The number of carbonyl (C=O) groups excluding carboxylic acids is 1. The second-order valence-electron chi connectivity index (χ2n) is 6.25. The Hall–Kier alpha value is -2.18. The number of anilines is 2. The lowest BCUT2D eigenvalue weighted by atomic mass is 10.1. The van der Waals surface area contributed by atoms with Crippen LogP contribution in [-0.2, 0) is 11.2 Å². The number of nitrogens with one attached hydrogen (secondary N) is 2. The number of benzene rings is 2. The molecule has 1 heterocycles. The molecule has 1 aromatic heterocycles. The second-order valence-corrected chi connectivity index (χ2v) is 8.02. The summed E-state index contributed by atoms with van der Waals surface area (Å²) in [7, 11) is 0. The van der Waals surface area contributed by atoms with Crippen molar-refractivity contribution in [2.45, 2.75) is 26.2 Å². The van der Waals surface area contributed by atoms with Crippen LogP contribution in [0.15, 0.2) is 58.4 Å². The van der Waals surface area contributed by atoms with Crippen LogP contribution in [0.4, 0.5) is 10.8 Å². The molecule has 0 aliphatic carbocycles. The van der Waals surface area contributed by atoms with Gasteiger partial charge in [-0.3, -0.25) is 4.79 Å². The van der Waals surface area contributed by atoms with Gasteiger partial charge in [0.15, 0.2) is 5.13 Å². The number of unbranched alkanes of at least 4 members (excludes halogenated alkanes) is 1. The monoisotopic (exact) mass is 443 g/mol. The zero-order valence-corrected chi connectivity index (χ0v) is 17.6. The highest BCUT2D eigenvalue weighted by Crippen LogP contribution is 2.26. The van der Waals surface area contributed by atoms with Crippen molar-refractivity contribution in [1.29, 1.82) is 0 Å². The van der Waals surface area contributed by atoms with Gasteiger partial charge in [0.2, 0.25) is 5.91 Å². The molecule has 0 unspecified atom stereocenters. The molecule has 0 atom stereocenters. The Bertz CT molecular complexity index is 875. The maximum Gasteiger partial charge on any atom is 0.245 e. The van der Waals surface area contributed by atoms with Crippen LogP contribution in [0.1, 0.15) is 25.3 Å². The van der Waals surface area contributed by atoms with Crippen LogP contribution in [0.2, 0.25) is 0 Å². The van der Waals surface area contributed by atoms with E-state index in [4.69, 9.17) is 0 Å². The van der Waals surface area contributed by atoms with Crippen LogP contribution >= 0.6 is 27.3 Å². The molecule has 4 nitrogen and oxygen atoms in total. The normalized spacial score (nSPS) is 10.6. The molecule has 3 aromatic rings. The van der Waals surface area contributed by atoms with E-state index < -0.39 is 0 Å². The predicted octanol–water partition coefficient (Wildman–Crippen LogP) is 5.97. The van der Waals surface area contributed by atoms with Gasteiger partial charge in [0.05, 0.1) is 12.2 Å². The minimum Gasteiger partial charge on any atom is -0.376 e. The summed E-state index contributed by atoms with van der Waals surface area (Å²) in [6, 6.07) is 16.2. The van der Waals surface area contributed by atoms with Crippen LogP contribution in [0.25, 0.3) is 11.3 Å². The van der Waals surface area contributed by atoms with Crippen LogP contribution in [0.3, 0.4) is 0 Å². The molecule has 140 valence electrons. The summed E-state index contributed by atoms with van der Waals surface area (Å²) >= 11 is 4.85. The van der Waals surface area contributed by atoms with E-state index in [1.807, 2.05) is 41.8 Å². The summed E-state index contributed by atoms with van der Waals surface area (Å²) in [5, 5.41) is 8.55. The van der Waals surface area contributed by atoms with Crippen LogP contribution in [0, 0.1) is 0 Å². The first-order chi connectivity index (χ1) is 13.1. The fourth-order valence-electron chi connectivity index (χ4n) is 2.60. The zero-order chi connectivity index (χ0) is 19.1. The Kier molecular flexibility index (Phi) is 7.01. The van der Waals surface area contributed by atoms with Gasteiger partial charge in [0.1, 0.15) is 0 Å². The molecule has 27 heavy (non-hydrogen) atoms. The van der Waals surface area contributed by atoms with Gasteiger partial charge < -0.3 is 10.6 Å². The number of rotatable bonds is 8. The largest absolute Gasteiger partial charge is 0.376 e. The van der Waals surface area contributed by atoms with E-state index in [1.54, 1.807) is 0 Å². The Balaban J connectivity index is 1.50. The number of aryl methyl sites for hydroxylation is 1. The van der Waals surface area contributed by atoms with Crippen LogP contribution in [-0.4, -0.2) is 17.4 Å². The summed E-state index contributed by atoms with van der Waals surface area (Å²) < 4.78 is 1.03. The van der Waals surface area contributed by atoms with Crippen molar-refractivity contribution in [3.8, 4) is 11.3 Å². The van der Waals surface area contributed by atoms with Crippen molar-refractivity contribution in [1.82, 2.24) is 4.98 Å². The van der Waals surface area contributed by atoms with Crippen molar-refractivity contribution < 1.29 is 4.79 Å². The zero-order valence-electron chi connectivity index (χ0n) is 15.2. The molecule has 0 bridgehead atoms. The van der Waals surface area contributed by atoms with Gasteiger partial charge in [-0.05, 0) is 42.7 Å². The Morgan fingerprint density at radius 2 is 1.85 bits per heavy atom. The molecule has 3 rings (SSSR count). The average Bonchev–Trinajstić information content (AvgIpc) is 3.14. The van der Waals surface area contributed by atoms with Crippen molar-refractivity contribution in [3.63, 3.8) is 0 Å². The van der Waals surface area contributed by atoms with E-state index in [2.05, 4.69) is 50.6 Å². The number of carbonyl (C=O) groups is 1. The summed E-state index contributed by atoms with van der Waals surface area (Å²) in [5.74, 6) is -0.109. The first kappa shape index (κ1) is 19.6. The molecule has 0 saturated carbocycles. The quantitative estimate of drug-likeness (QED) is 0.450. The number of amides is 1. The number of aromatic nitrogens is 1. The van der Waals surface area contributed by atoms with E-state index in [1.165, 1.54) is 29.7 Å².